The Balaban J connectivity index is 1.70. The predicted molar refractivity (Wildman–Crippen MR) is 132 cm³/mol. The van der Waals surface area contributed by atoms with Crippen LogP contribution in [0.4, 0.5) is 9.59 Å². The van der Waals surface area contributed by atoms with Crippen molar-refractivity contribution in [3.8, 4) is 17.1 Å². The second-order valence-corrected chi connectivity index (χ2v) is 8.95. The third-order valence-corrected chi connectivity index (χ3v) is 6.89. The summed E-state index contributed by atoms with van der Waals surface area (Å²) < 4.78 is 22.2. The average molecular weight is 527 g/mol. The molecule has 37 heavy (non-hydrogen) atoms. The van der Waals surface area contributed by atoms with E-state index in [9.17, 15) is 19.2 Å². The molecule has 0 amide bonds. The normalized spacial score (nSPS) is 17.5. The van der Waals surface area contributed by atoms with E-state index >= 15 is 0 Å². The lowest BCUT2D eigenvalue weighted by Gasteiger charge is -2.34. The molecule has 0 bridgehead atoms. The molecule has 192 valence electrons. The fourth-order valence-corrected chi connectivity index (χ4v) is 5.28. The first-order valence-corrected chi connectivity index (χ1v) is 12.2. The number of carbonyl (C=O) groups excluding carboxylic acids is 3. The number of pyridine rings is 2. The molecule has 2 aliphatic heterocycles. The number of esters is 1. The van der Waals surface area contributed by atoms with Crippen LogP contribution in [-0.4, -0.2) is 33.7 Å². The van der Waals surface area contributed by atoms with Crippen LogP contribution in [0.3, 0.4) is 0 Å². The van der Waals surface area contributed by atoms with Crippen molar-refractivity contribution in [1.29, 1.82) is 0 Å². The zero-order valence-electron chi connectivity index (χ0n) is 20.4. The second kappa shape index (κ2) is 9.19. The van der Waals surface area contributed by atoms with Gasteiger partial charge >= 0.3 is 17.6 Å². The summed E-state index contributed by atoms with van der Waals surface area (Å²) in [6, 6.07) is 6.74. The zero-order valence-corrected chi connectivity index (χ0v) is 21.1. The minimum Gasteiger partial charge on any atom is -0.457 e. The lowest BCUT2D eigenvalue weighted by Crippen LogP contribution is -2.46. The highest BCUT2D eigenvalue weighted by Gasteiger charge is 2.50. The number of ether oxygens (including phenoxy) is 4. The Morgan fingerprint density at radius 2 is 1.95 bits per heavy atom. The number of rotatable bonds is 5. The number of aromatic nitrogens is 2. The summed E-state index contributed by atoms with van der Waals surface area (Å²) in [6.45, 7) is 5.53. The Hall–Kier alpha value is -3.92. The monoisotopic (exact) mass is 526 g/mol. The smallest absolute Gasteiger partial charge is 0.457 e. The van der Waals surface area contributed by atoms with Crippen molar-refractivity contribution in [3.63, 3.8) is 0 Å². The topological polar surface area (TPSA) is 123 Å². The van der Waals surface area contributed by atoms with Crippen LogP contribution in [0.15, 0.2) is 29.1 Å². The van der Waals surface area contributed by atoms with Crippen LogP contribution in [0.1, 0.15) is 49.4 Å². The van der Waals surface area contributed by atoms with Crippen LogP contribution in [0.2, 0.25) is 0 Å². The Labute approximate surface area is 216 Å². The largest absolute Gasteiger partial charge is 0.513 e. The molecular weight excluding hydrogens is 504 g/mol. The van der Waals surface area contributed by atoms with Gasteiger partial charge in [0.25, 0.3) is 5.56 Å². The Morgan fingerprint density at radius 1 is 1.16 bits per heavy atom. The van der Waals surface area contributed by atoms with E-state index in [1.807, 2.05) is 6.92 Å². The first kappa shape index (κ1) is 24.8. The molecule has 10 nitrogen and oxygen atoms in total. The number of cyclic esters (lactones) is 1. The average Bonchev–Trinajstić information content (AvgIpc) is 3.23. The molecular formula is C26H23ClN2O8. The number of halogens is 1. The van der Waals surface area contributed by atoms with Gasteiger partial charge in [0.2, 0.25) is 5.60 Å². The first-order valence-electron chi connectivity index (χ1n) is 11.9. The quantitative estimate of drug-likeness (QED) is 0.159. The molecule has 1 aromatic carbocycles. The van der Waals surface area contributed by atoms with Gasteiger partial charge in [0.15, 0.2) is 0 Å². The predicted octanol–water partition coefficient (Wildman–Crippen LogP) is 4.56. The third-order valence-electron chi connectivity index (χ3n) is 6.82. The summed E-state index contributed by atoms with van der Waals surface area (Å²) in [5.74, 6) is -0.467. The minimum absolute atomic E-state index is 0.0294. The second-order valence-electron chi connectivity index (χ2n) is 8.64. The highest BCUT2D eigenvalue weighted by molar-refractivity contribution is 6.61. The number of fused-ring (bicyclic) bond motifs is 5. The van der Waals surface area contributed by atoms with Crippen molar-refractivity contribution >= 4 is 40.1 Å². The molecule has 2 aliphatic rings. The van der Waals surface area contributed by atoms with Gasteiger partial charge in [-0.05, 0) is 49.6 Å². The number of hydrogen-bond donors (Lipinski definition) is 0. The van der Waals surface area contributed by atoms with Gasteiger partial charge in [0.05, 0.1) is 35.6 Å². The fraction of sp³-hybridized carbons (Fsp3) is 0.346. The van der Waals surface area contributed by atoms with E-state index in [0.717, 1.165) is 16.5 Å². The van der Waals surface area contributed by atoms with Crippen molar-refractivity contribution < 1.29 is 33.3 Å². The summed E-state index contributed by atoms with van der Waals surface area (Å²) in [6.07, 6.45) is -0.147. The summed E-state index contributed by atoms with van der Waals surface area (Å²) in [4.78, 5) is 54.7. The molecule has 0 N–H and O–H groups in total. The summed E-state index contributed by atoms with van der Waals surface area (Å²) in [5.41, 5.74) is 0.621. The molecule has 1 atom stereocenters. The lowest BCUT2D eigenvalue weighted by molar-refractivity contribution is -0.171. The zero-order chi connectivity index (χ0) is 26.5. The SMILES string of the molecule is CCOC(=O)Oc1ccc2nc3c(c(CC)c2c1)Cn1c-3cc2c(c1=O)COC(=O)[C@@]2(CC)OC(=O)Cl. The molecule has 0 saturated carbocycles. The molecule has 0 unspecified atom stereocenters. The molecule has 5 rings (SSSR count). The van der Waals surface area contributed by atoms with Gasteiger partial charge in [-0.25, -0.2) is 19.4 Å². The van der Waals surface area contributed by atoms with E-state index in [2.05, 4.69) is 0 Å². The van der Waals surface area contributed by atoms with E-state index in [1.54, 1.807) is 42.7 Å². The number of aryl methyl sites for hydroxylation is 1. The van der Waals surface area contributed by atoms with E-state index < -0.39 is 23.2 Å². The van der Waals surface area contributed by atoms with E-state index in [1.165, 1.54) is 0 Å². The van der Waals surface area contributed by atoms with Crippen LogP contribution < -0.4 is 10.3 Å². The summed E-state index contributed by atoms with van der Waals surface area (Å²) in [7, 11) is 0. The van der Waals surface area contributed by atoms with Crippen molar-refractivity contribution in [2.45, 2.75) is 52.4 Å². The molecule has 0 fully saturated rings. The van der Waals surface area contributed by atoms with Crippen LogP contribution in [0.5, 0.6) is 5.75 Å². The molecule has 2 aromatic heterocycles. The standard InChI is InChI=1S/C26H23ClN2O8/c1-4-14-15-9-13(36-25(33)34-6-3)7-8-19(15)28-21-16(14)11-29-20(21)10-18-17(22(29)30)12-35-23(31)26(18,5-2)37-24(27)32/h7-10H,4-6,11-12H2,1-3H3/t26-/m0/s1. The lowest BCUT2D eigenvalue weighted by atomic mass is 9.85. The summed E-state index contributed by atoms with van der Waals surface area (Å²) >= 11 is 5.51. The van der Waals surface area contributed by atoms with Crippen molar-refractivity contribution in [2.75, 3.05) is 6.61 Å². The Bertz CT molecular complexity index is 1550. The molecule has 4 heterocycles. The van der Waals surface area contributed by atoms with Crippen LogP contribution in [-0.2, 0) is 44.2 Å². The maximum absolute atomic E-state index is 13.6. The minimum atomic E-state index is -1.83. The van der Waals surface area contributed by atoms with Gasteiger partial charge in [-0.3, -0.25) is 4.79 Å². The highest BCUT2D eigenvalue weighted by Crippen LogP contribution is 2.42. The maximum Gasteiger partial charge on any atom is 0.513 e. The fourth-order valence-electron chi connectivity index (χ4n) is 5.15. The van der Waals surface area contributed by atoms with Crippen molar-refractivity contribution in [1.82, 2.24) is 9.55 Å². The Kier molecular flexibility index (Phi) is 6.15. The van der Waals surface area contributed by atoms with E-state index in [4.69, 9.17) is 35.5 Å². The van der Waals surface area contributed by atoms with Gasteiger partial charge in [0.1, 0.15) is 12.4 Å². The number of carbonyl (C=O) groups is 3. The van der Waals surface area contributed by atoms with Crippen LogP contribution in [0.25, 0.3) is 22.3 Å². The van der Waals surface area contributed by atoms with Gasteiger partial charge in [-0.15, -0.1) is 0 Å². The number of benzene rings is 1. The van der Waals surface area contributed by atoms with Gasteiger partial charge < -0.3 is 23.5 Å². The first-order chi connectivity index (χ1) is 17.7. The number of nitrogens with zero attached hydrogens (tertiary/aromatic N) is 2. The number of hydrogen-bond acceptors (Lipinski definition) is 9. The molecule has 0 radical (unpaired) electrons. The van der Waals surface area contributed by atoms with Crippen LogP contribution in [0, 0.1) is 0 Å². The van der Waals surface area contributed by atoms with Crippen molar-refractivity contribution in [2.24, 2.45) is 0 Å². The van der Waals surface area contributed by atoms with E-state index in [-0.39, 0.29) is 42.9 Å². The molecule has 0 saturated heterocycles. The van der Waals surface area contributed by atoms with Gasteiger partial charge in [-0.2, -0.15) is 0 Å². The molecule has 0 spiro atoms. The van der Waals surface area contributed by atoms with Gasteiger partial charge in [-0.1, -0.05) is 13.8 Å². The Morgan fingerprint density at radius 3 is 2.62 bits per heavy atom. The van der Waals surface area contributed by atoms with Crippen molar-refractivity contribution in [3.05, 3.63) is 56.9 Å². The molecule has 3 aromatic rings. The molecule has 11 heteroatoms. The van der Waals surface area contributed by atoms with Crippen LogP contribution >= 0.6 is 11.6 Å². The van der Waals surface area contributed by atoms with E-state index in [0.29, 0.717) is 29.1 Å². The van der Waals surface area contributed by atoms with Gasteiger partial charge in [0, 0.05) is 28.1 Å². The highest BCUT2D eigenvalue weighted by atomic mass is 35.5. The molecule has 0 aliphatic carbocycles. The third kappa shape index (κ3) is 3.83. The maximum atomic E-state index is 13.6. The summed E-state index contributed by atoms with van der Waals surface area (Å²) in [5, 5.41) is 0.783.